The van der Waals surface area contributed by atoms with Crippen LogP contribution in [0.4, 0.5) is 0 Å². The van der Waals surface area contributed by atoms with Crippen molar-refractivity contribution in [1.29, 1.82) is 0 Å². The molecule has 0 N–H and O–H groups in total. The fraction of sp³-hybridized carbons (Fsp3) is 0. The van der Waals surface area contributed by atoms with Crippen LogP contribution in [0.5, 0.6) is 0 Å². The van der Waals surface area contributed by atoms with Crippen LogP contribution in [0.25, 0.3) is 11.1 Å². The van der Waals surface area contributed by atoms with E-state index >= 15 is 0 Å². The van der Waals surface area contributed by atoms with Gasteiger partial charge < -0.3 is 19.8 Å². The van der Waals surface area contributed by atoms with Crippen molar-refractivity contribution < 1.29 is 28.2 Å². The van der Waals surface area contributed by atoms with Gasteiger partial charge in [0.2, 0.25) is 9.84 Å². The Hall–Kier alpha value is -2.67. The van der Waals surface area contributed by atoms with Crippen molar-refractivity contribution in [3.05, 3.63) is 47.5 Å². The van der Waals surface area contributed by atoms with Crippen LogP contribution < -0.4 is 10.2 Å². The van der Waals surface area contributed by atoms with Gasteiger partial charge in [-0.3, -0.25) is 0 Å². The molecule has 1 heterocycles. The van der Waals surface area contributed by atoms with E-state index in [2.05, 4.69) is 0 Å². The summed E-state index contributed by atoms with van der Waals surface area (Å²) in [4.78, 5) is 21.7. The standard InChI is InChI=1S/C14H8O6S/c15-13(16)7-1-3-11-9(5-7)10-6-8(14(17)18)2-4-12(10)21(11,19)20/h1-6H,(H,15,16)(H,17,18)/p-2. The molecule has 0 bridgehead atoms. The summed E-state index contributed by atoms with van der Waals surface area (Å²) in [5.74, 6) is -2.89. The minimum atomic E-state index is -3.78. The third-order valence-corrected chi connectivity index (χ3v) is 5.17. The van der Waals surface area contributed by atoms with E-state index in [1.165, 1.54) is 12.1 Å². The summed E-state index contributed by atoms with van der Waals surface area (Å²) in [6.45, 7) is 0. The molecular weight excluding hydrogens is 296 g/mol. The molecule has 0 fully saturated rings. The van der Waals surface area contributed by atoms with Gasteiger partial charge in [-0.25, -0.2) is 8.42 Å². The van der Waals surface area contributed by atoms with Gasteiger partial charge in [0.25, 0.3) is 0 Å². The first-order valence-corrected chi connectivity index (χ1v) is 7.27. The summed E-state index contributed by atoms with van der Waals surface area (Å²) in [6, 6.07) is 6.94. The first kappa shape index (κ1) is 13.3. The molecule has 0 saturated heterocycles. The minimum Gasteiger partial charge on any atom is -0.545 e. The van der Waals surface area contributed by atoms with Gasteiger partial charge in [0.15, 0.2) is 0 Å². The summed E-state index contributed by atoms with van der Waals surface area (Å²) in [5.41, 5.74) is -0.0732. The van der Waals surface area contributed by atoms with Crippen LogP contribution in [-0.2, 0) is 9.84 Å². The van der Waals surface area contributed by atoms with E-state index in [0.29, 0.717) is 0 Å². The van der Waals surface area contributed by atoms with Crippen LogP contribution in [0.1, 0.15) is 20.7 Å². The smallest absolute Gasteiger partial charge is 0.207 e. The molecule has 0 aromatic heterocycles. The van der Waals surface area contributed by atoms with Crippen molar-refractivity contribution in [2.24, 2.45) is 0 Å². The number of carboxylic acids is 2. The molecule has 21 heavy (non-hydrogen) atoms. The second-order valence-corrected chi connectivity index (χ2v) is 6.39. The number of aromatic carboxylic acids is 2. The van der Waals surface area contributed by atoms with Crippen molar-refractivity contribution in [2.45, 2.75) is 9.79 Å². The number of carbonyl (C=O) groups is 2. The second-order valence-electron chi connectivity index (χ2n) is 4.50. The molecule has 0 radical (unpaired) electrons. The van der Waals surface area contributed by atoms with Crippen molar-refractivity contribution in [2.75, 3.05) is 0 Å². The lowest BCUT2D eigenvalue weighted by Gasteiger charge is -2.06. The quantitative estimate of drug-likeness (QED) is 0.614. The molecule has 0 amide bonds. The molecule has 1 aliphatic rings. The van der Waals surface area contributed by atoms with E-state index in [-0.39, 0.29) is 32.0 Å². The maximum atomic E-state index is 12.3. The molecule has 1 aliphatic heterocycles. The third-order valence-electron chi connectivity index (χ3n) is 3.30. The third kappa shape index (κ3) is 1.82. The molecule has 0 spiro atoms. The van der Waals surface area contributed by atoms with Crippen LogP contribution in [0.2, 0.25) is 0 Å². The fourth-order valence-corrected chi connectivity index (χ4v) is 3.97. The van der Waals surface area contributed by atoms with Crippen molar-refractivity contribution >= 4 is 21.8 Å². The van der Waals surface area contributed by atoms with Gasteiger partial charge >= 0.3 is 0 Å². The molecule has 3 rings (SSSR count). The fourth-order valence-electron chi connectivity index (χ4n) is 2.32. The molecule has 0 aliphatic carbocycles. The number of carbonyl (C=O) groups excluding carboxylic acids is 2. The van der Waals surface area contributed by atoms with Gasteiger partial charge in [-0.2, -0.15) is 0 Å². The summed E-state index contributed by atoms with van der Waals surface area (Å²) in [6.07, 6.45) is 0. The molecule has 6 nitrogen and oxygen atoms in total. The van der Waals surface area contributed by atoms with Crippen LogP contribution in [-0.4, -0.2) is 20.4 Å². The molecule has 0 saturated carbocycles. The molecule has 0 atom stereocenters. The first-order valence-electron chi connectivity index (χ1n) is 5.78. The lowest BCUT2D eigenvalue weighted by molar-refractivity contribution is -0.256. The average Bonchev–Trinajstić information content (AvgIpc) is 2.67. The van der Waals surface area contributed by atoms with E-state index in [1.807, 2.05) is 0 Å². The summed E-state index contributed by atoms with van der Waals surface area (Å²) < 4.78 is 24.6. The van der Waals surface area contributed by atoms with Gasteiger partial charge in [-0.15, -0.1) is 0 Å². The zero-order valence-corrected chi connectivity index (χ0v) is 11.1. The summed E-state index contributed by atoms with van der Waals surface area (Å²) in [7, 11) is -3.78. The van der Waals surface area contributed by atoms with Crippen LogP contribution >= 0.6 is 0 Å². The molecule has 7 heteroatoms. The predicted octanol–water partition coefficient (Wildman–Crippen LogP) is -0.773. The normalized spacial score (nSPS) is 14.3. The predicted molar refractivity (Wildman–Crippen MR) is 66.0 cm³/mol. The van der Waals surface area contributed by atoms with Crippen LogP contribution in [0, 0.1) is 0 Å². The van der Waals surface area contributed by atoms with Crippen molar-refractivity contribution in [3.8, 4) is 11.1 Å². The Morgan fingerprint density at radius 3 is 1.48 bits per heavy atom. The maximum Gasteiger partial charge on any atom is 0.207 e. The van der Waals surface area contributed by atoms with E-state index in [9.17, 15) is 28.2 Å². The highest BCUT2D eigenvalue weighted by Crippen LogP contribution is 2.43. The number of carboxylic acid groups (broad SMARTS) is 2. The monoisotopic (exact) mass is 302 g/mol. The van der Waals surface area contributed by atoms with Gasteiger partial charge in [0.05, 0.1) is 21.7 Å². The Labute approximate surface area is 119 Å². The average molecular weight is 302 g/mol. The number of sulfone groups is 1. The molecular formula is C14H6O6S-2. The first-order chi connectivity index (χ1) is 9.82. The number of rotatable bonds is 2. The van der Waals surface area contributed by atoms with Crippen LogP contribution in [0.15, 0.2) is 46.2 Å². The number of benzene rings is 2. The highest BCUT2D eigenvalue weighted by molar-refractivity contribution is 7.92. The Balaban J connectivity index is 2.37. The molecule has 2 aromatic carbocycles. The summed E-state index contributed by atoms with van der Waals surface area (Å²) in [5, 5.41) is 21.8. The highest BCUT2D eigenvalue weighted by atomic mass is 32.2. The van der Waals surface area contributed by atoms with Crippen molar-refractivity contribution in [3.63, 3.8) is 0 Å². The van der Waals surface area contributed by atoms with Gasteiger partial charge in [0.1, 0.15) is 0 Å². The number of fused-ring (bicyclic) bond motifs is 3. The molecule has 2 aromatic rings. The summed E-state index contributed by atoms with van der Waals surface area (Å²) >= 11 is 0. The van der Waals surface area contributed by atoms with E-state index in [1.54, 1.807) is 0 Å². The second kappa shape index (κ2) is 4.16. The number of hydrogen-bond donors (Lipinski definition) is 0. The minimum absolute atomic E-state index is 0.0574. The topological polar surface area (TPSA) is 114 Å². The Morgan fingerprint density at radius 2 is 1.14 bits per heavy atom. The van der Waals surface area contributed by atoms with Crippen molar-refractivity contribution in [1.82, 2.24) is 0 Å². The zero-order chi connectivity index (χ0) is 15.4. The lowest BCUT2D eigenvalue weighted by Crippen LogP contribution is -2.22. The van der Waals surface area contributed by atoms with Crippen LogP contribution in [0.3, 0.4) is 0 Å². The zero-order valence-electron chi connectivity index (χ0n) is 10.3. The van der Waals surface area contributed by atoms with Gasteiger partial charge in [0, 0.05) is 11.1 Å². The lowest BCUT2D eigenvalue weighted by atomic mass is 10.0. The largest absolute Gasteiger partial charge is 0.545 e. The van der Waals surface area contributed by atoms with E-state index in [4.69, 9.17) is 0 Å². The van der Waals surface area contributed by atoms with Gasteiger partial charge in [-0.1, -0.05) is 12.1 Å². The van der Waals surface area contributed by atoms with E-state index in [0.717, 1.165) is 24.3 Å². The van der Waals surface area contributed by atoms with E-state index < -0.39 is 21.8 Å². The molecule has 0 unspecified atom stereocenters. The Morgan fingerprint density at radius 1 is 0.762 bits per heavy atom. The SMILES string of the molecule is O=C([O-])c1ccc2c(c1)-c1cc(C(=O)[O-])ccc1S2(=O)=O. The maximum absolute atomic E-state index is 12.3. The van der Waals surface area contributed by atoms with Gasteiger partial charge in [-0.05, 0) is 35.4 Å². The highest BCUT2D eigenvalue weighted by Gasteiger charge is 2.33. The molecule has 106 valence electrons. The number of hydrogen-bond acceptors (Lipinski definition) is 6. The Bertz CT molecular complexity index is 842. The Kier molecular flexibility index (Phi) is 2.64.